The largest absolute Gasteiger partial charge is 0.490 e. The lowest BCUT2D eigenvalue weighted by molar-refractivity contribution is 0.293. The summed E-state index contributed by atoms with van der Waals surface area (Å²) < 4.78 is 11.1. The molecule has 2 N–H and O–H groups in total. The number of ether oxygens (including phenoxy) is 2. The second-order valence-electron chi connectivity index (χ2n) is 3.66. The Kier molecular flexibility index (Phi) is 4.86. The van der Waals surface area contributed by atoms with Crippen LogP contribution >= 0.6 is 0 Å². The molecule has 0 unspecified atom stereocenters. The Bertz CT molecular complexity index is 361. The standard InChI is InChI=1S/C13H19NO2/c1-4-15-13-7-11(8-14)5-6-12(13)16-9-10(2)3/h5-7H,2,4,8-9,14H2,1,3H3. The molecule has 0 saturated carbocycles. The molecule has 88 valence electrons. The topological polar surface area (TPSA) is 44.5 Å². The van der Waals surface area contributed by atoms with Crippen LogP contribution in [0.15, 0.2) is 30.4 Å². The summed E-state index contributed by atoms with van der Waals surface area (Å²) in [5.41, 5.74) is 7.59. The van der Waals surface area contributed by atoms with E-state index < -0.39 is 0 Å². The fourth-order valence-electron chi connectivity index (χ4n) is 1.27. The molecule has 0 atom stereocenters. The first kappa shape index (κ1) is 12.6. The zero-order valence-electron chi connectivity index (χ0n) is 9.95. The van der Waals surface area contributed by atoms with Crippen LogP contribution in [0.4, 0.5) is 0 Å². The quantitative estimate of drug-likeness (QED) is 0.751. The number of hydrogen-bond acceptors (Lipinski definition) is 3. The van der Waals surface area contributed by atoms with Gasteiger partial charge in [-0.05, 0) is 37.1 Å². The summed E-state index contributed by atoms with van der Waals surface area (Å²) >= 11 is 0. The van der Waals surface area contributed by atoms with Gasteiger partial charge in [0.2, 0.25) is 0 Å². The van der Waals surface area contributed by atoms with E-state index in [2.05, 4.69) is 6.58 Å². The van der Waals surface area contributed by atoms with Crippen molar-refractivity contribution in [3.63, 3.8) is 0 Å². The average Bonchev–Trinajstić information content (AvgIpc) is 2.27. The molecule has 0 aliphatic rings. The van der Waals surface area contributed by atoms with Crippen molar-refractivity contribution < 1.29 is 9.47 Å². The van der Waals surface area contributed by atoms with Crippen LogP contribution in [-0.4, -0.2) is 13.2 Å². The van der Waals surface area contributed by atoms with Crippen LogP contribution in [-0.2, 0) is 6.54 Å². The van der Waals surface area contributed by atoms with Gasteiger partial charge in [-0.3, -0.25) is 0 Å². The summed E-state index contributed by atoms with van der Waals surface area (Å²) in [5.74, 6) is 1.48. The van der Waals surface area contributed by atoms with E-state index in [0.717, 1.165) is 22.6 Å². The van der Waals surface area contributed by atoms with E-state index >= 15 is 0 Å². The minimum atomic E-state index is 0.501. The number of benzene rings is 1. The van der Waals surface area contributed by atoms with Gasteiger partial charge < -0.3 is 15.2 Å². The lowest BCUT2D eigenvalue weighted by Crippen LogP contribution is -2.03. The monoisotopic (exact) mass is 221 g/mol. The highest BCUT2D eigenvalue weighted by molar-refractivity contribution is 5.43. The highest BCUT2D eigenvalue weighted by atomic mass is 16.5. The molecular formula is C13H19NO2. The van der Waals surface area contributed by atoms with E-state index in [4.69, 9.17) is 15.2 Å². The number of rotatable bonds is 6. The third-order valence-electron chi connectivity index (χ3n) is 2.02. The highest BCUT2D eigenvalue weighted by Gasteiger charge is 2.05. The van der Waals surface area contributed by atoms with E-state index in [-0.39, 0.29) is 0 Å². The molecule has 0 spiro atoms. The van der Waals surface area contributed by atoms with Crippen molar-refractivity contribution >= 4 is 0 Å². The van der Waals surface area contributed by atoms with Gasteiger partial charge in [-0.15, -0.1) is 0 Å². The van der Waals surface area contributed by atoms with Crippen molar-refractivity contribution in [3.05, 3.63) is 35.9 Å². The van der Waals surface area contributed by atoms with Crippen molar-refractivity contribution in [2.24, 2.45) is 5.73 Å². The van der Waals surface area contributed by atoms with Crippen LogP contribution in [0.1, 0.15) is 19.4 Å². The second kappa shape index (κ2) is 6.18. The van der Waals surface area contributed by atoms with Gasteiger partial charge in [0.1, 0.15) is 6.61 Å². The van der Waals surface area contributed by atoms with Crippen LogP contribution in [0.25, 0.3) is 0 Å². The van der Waals surface area contributed by atoms with Gasteiger partial charge in [0.25, 0.3) is 0 Å². The molecule has 0 bridgehead atoms. The minimum Gasteiger partial charge on any atom is -0.490 e. The van der Waals surface area contributed by atoms with Gasteiger partial charge in [0, 0.05) is 6.54 Å². The maximum Gasteiger partial charge on any atom is 0.161 e. The van der Waals surface area contributed by atoms with Gasteiger partial charge in [-0.1, -0.05) is 12.6 Å². The van der Waals surface area contributed by atoms with Crippen LogP contribution < -0.4 is 15.2 Å². The Morgan fingerprint density at radius 2 is 2.06 bits per heavy atom. The summed E-state index contributed by atoms with van der Waals surface area (Å²) in [7, 11) is 0. The first-order valence-electron chi connectivity index (χ1n) is 5.40. The fraction of sp³-hybridized carbons (Fsp3) is 0.385. The van der Waals surface area contributed by atoms with Crippen LogP contribution in [0.3, 0.4) is 0 Å². The smallest absolute Gasteiger partial charge is 0.161 e. The molecule has 1 rings (SSSR count). The molecule has 16 heavy (non-hydrogen) atoms. The van der Waals surface area contributed by atoms with E-state index in [0.29, 0.717) is 19.8 Å². The summed E-state index contributed by atoms with van der Waals surface area (Å²) in [5, 5.41) is 0. The lowest BCUT2D eigenvalue weighted by atomic mass is 10.2. The number of nitrogens with two attached hydrogens (primary N) is 1. The molecule has 0 radical (unpaired) electrons. The third-order valence-corrected chi connectivity index (χ3v) is 2.02. The fourth-order valence-corrected chi connectivity index (χ4v) is 1.27. The SMILES string of the molecule is C=C(C)COc1ccc(CN)cc1OCC. The Balaban J connectivity index is 2.84. The van der Waals surface area contributed by atoms with E-state index in [1.54, 1.807) is 0 Å². The van der Waals surface area contributed by atoms with Crippen LogP contribution in [0, 0.1) is 0 Å². The van der Waals surface area contributed by atoms with Crippen molar-refractivity contribution in [1.29, 1.82) is 0 Å². The van der Waals surface area contributed by atoms with E-state index in [9.17, 15) is 0 Å². The molecule has 0 fully saturated rings. The third kappa shape index (κ3) is 3.59. The molecule has 3 heteroatoms. The van der Waals surface area contributed by atoms with Crippen molar-refractivity contribution in [2.75, 3.05) is 13.2 Å². The minimum absolute atomic E-state index is 0.501. The normalized spacial score (nSPS) is 9.94. The van der Waals surface area contributed by atoms with Gasteiger partial charge in [0.15, 0.2) is 11.5 Å². The summed E-state index contributed by atoms with van der Waals surface area (Å²) in [6.45, 7) is 9.27. The first-order valence-corrected chi connectivity index (χ1v) is 5.40. The zero-order valence-corrected chi connectivity index (χ0v) is 9.95. The maximum atomic E-state index is 5.59. The molecule has 1 aromatic rings. The summed E-state index contributed by atoms with van der Waals surface area (Å²) in [6, 6.07) is 5.74. The molecule has 0 aliphatic heterocycles. The van der Waals surface area contributed by atoms with Gasteiger partial charge in [-0.2, -0.15) is 0 Å². The van der Waals surface area contributed by atoms with Crippen LogP contribution in [0.2, 0.25) is 0 Å². The molecular weight excluding hydrogens is 202 g/mol. The van der Waals surface area contributed by atoms with E-state index in [1.807, 2.05) is 32.0 Å². The van der Waals surface area contributed by atoms with Gasteiger partial charge in [0.05, 0.1) is 6.61 Å². The Morgan fingerprint density at radius 1 is 1.31 bits per heavy atom. The predicted octanol–water partition coefficient (Wildman–Crippen LogP) is 2.50. The molecule has 0 amide bonds. The Labute approximate surface area is 96.9 Å². The molecule has 0 saturated heterocycles. The summed E-state index contributed by atoms with van der Waals surface area (Å²) in [4.78, 5) is 0. The molecule has 0 heterocycles. The zero-order chi connectivity index (χ0) is 12.0. The Morgan fingerprint density at radius 3 is 2.62 bits per heavy atom. The molecule has 3 nitrogen and oxygen atoms in total. The molecule has 0 aliphatic carbocycles. The summed E-state index contributed by atoms with van der Waals surface area (Å²) in [6.07, 6.45) is 0. The average molecular weight is 221 g/mol. The number of hydrogen-bond donors (Lipinski definition) is 1. The predicted molar refractivity (Wildman–Crippen MR) is 65.8 cm³/mol. The van der Waals surface area contributed by atoms with Gasteiger partial charge >= 0.3 is 0 Å². The maximum absolute atomic E-state index is 5.59. The van der Waals surface area contributed by atoms with Gasteiger partial charge in [-0.25, -0.2) is 0 Å². The first-order chi connectivity index (χ1) is 7.67. The molecule has 1 aromatic carbocycles. The van der Waals surface area contributed by atoms with Crippen molar-refractivity contribution in [1.82, 2.24) is 0 Å². The van der Waals surface area contributed by atoms with E-state index in [1.165, 1.54) is 0 Å². The lowest BCUT2D eigenvalue weighted by Gasteiger charge is -2.12. The highest BCUT2D eigenvalue weighted by Crippen LogP contribution is 2.28. The van der Waals surface area contributed by atoms with Crippen molar-refractivity contribution in [2.45, 2.75) is 20.4 Å². The van der Waals surface area contributed by atoms with Crippen molar-refractivity contribution in [3.8, 4) is 11.5 Å². The second-order valence-corrected chi connectivity index (χ2v) is 3.66. The molecule has 0 aromatic heterocycles. The Hall–Kier alpha value is -1.48. The van der Waals surface area contributed by atoms with Crippen LogP contribution in [0.5, 0.6) is 11.5 Å².